The van der Waals surface area contributed by atoms with Gasteiger partial charge in [0.05, 0.1) is 26.0 Å². The van der Waals surface area contributed by atoms with Crippen LogP contribution in [0.25, 0.3) is 5.52 Å². The zero-order chi connectivity index (χ0) is 23.1. The van der Waals surface area contributed by atoms with Gasteiger partial charge in [0.1, 0.15) is 41.8 Å². The van der Waals surface area contributed by atoms with E-state index in [4.69, 9.17) is 23.7 Å². The molecule has 12 heteroatoms. The van der Waals surface area contributed by atoms with Crippen molar-refractivity contribution in [3.05, 3.63) is 42.1 Å². The Balaban J connectivity index is 1.47. The summed E-state index contributed by atoms with van der Waals surface area (Å²) >= 11 is 0. The number of nitrogens with zero attached hydrogens (tertiary/aromatic N) is 3. The maximum absolute atomic E-state index is 14.1. The van der Waals surface area contributed by atoms with Crippen LogP contribution in [0, 0.1) is 5.82 Å². The van der Waals surface area contributed by atoms with E-state index in [9.17, 15) is 14.3 Å². The van der Waals surface area contributed by atoms with Gasteiger partial charge < -0.3 is 34.1 Å². The van der Waals surface area contributed by atoms with E-state index >= 15 is 0 Å². The van der Waals surface area contributed by atoms with Crippen LogP contribution in [0.2, 0.25) is 0 Å². The third-order valence-corrected chi connectivity index (χ3v) is 5.70. The van der Waals surface area contributed by atoms with Gasteiger partial charge in [-0.15, -0.1) is 0 Å². The summed E-state index contributed by atoms with van der Waals surface area (Å²) in [5.41, 5.74) is 0.637. The Bertz CT molecular complexity index is 1200. The van der Waals surface area contributed by atoms with Gasteiger partial charge in [0.15, 0.2) is 23.2 Å². The summed E-state index contributed by atoms with van der Waals surface area (Å²) in [5, 5.41) is 16.6. The Morgan fingerprint density at radius 3 is 2.73 bits per heavy atom. The minimum absolute atomic E-state index is 0.0724. The molecule has 2 aliphatic heterocycles. The number of hydrogen-bond acceptors (Lipinski definition) is 9. The monoisotopic (exact) mass is 460 g/mol. The Morgan fingerprint density at radius 1 is 1.24 bits per heavy atom. The van der Waals surface area contributed by atoms with Gasteiger partial charge in [-0.2, -0.15) is 5.10 Å². The van der Waals surface area contributed by atoms with Crippen molar-refractivity contribution in [2.45, 2.75) is 24.4 Å². The molecule has 0 bridgehead atoms. The average molecular weight is 460 g/mol. The van der Waals surface area contributed by atoms with Gasteiger partial charge in [0.2, 0.25) is 0 Å². The minimum atomic E-state index is -1.17. The molecule has 4 heterocycles. The van der Waals surface area contributed by atoms with Crippen molar-refractivity contribution in [1.29, 1.82) is 0 Å². The lowest BCUT2D eigenvalue weighted by Gasteiger charge is -2.20. The molecule has 33 heavy (non-hydrogen) atoms. The number of ether oxygens (including phenoxy) is 5. The van der Waals surface area contributed by atoms with E-state index in [0.717, 1.165) is 0 Å². The molecule has 0 spiro atoms. The number of aromatic carboxylic acids is 1. The molecule has 2 aromatic heterocycles. The summed E-state index contributed by atoms with van der Waals surface area (Å²) in [6.45, 7) is 0.649. The first-order valence-electron chi connectivity index (χ1n) is 10.1. The molecule has 2 fully saturated rings. The Morgan fingerprint density at radius 2 is 2.00 bits per heavy atom. The summed E-state index contributed by atoms with van der Waals surface area (Å²) in [5.74, 6) is -1.10. The molecule has 0 radical (unpaired) electrons. The van der Waals surface area contributed by atoms with Crippen LogP contribution in [0.4, 0.5) is 15.9 Å². The van der Waals surface area contributed by atoms with Gasteiger partial charge in [-0.25, -0.2) is 18.7 Å². The van der Waals surface area contributed by atoms with Crippen LogP contribution in [0.15, 0.2) is 30.7 Å². The average Bonchev–Trinajstić information content (AvgIpc) is 3.49. The van der Waals surface area contributed by atoms with Crippen LogP contribution in [0.3, 0.4) is 0 Å². The molecule has 0 amide bonds. The predicted octanol–water partition coefficient (Wildman–Crippen LogP) is 1.88. The molecule has 1 aromatic carbocycles. The van der Waals surface area contributed by atoms with Gasteiger partial charge in [0, 0.05) is 19.4 Å². The maximum atomic E-state index is 14.1. The van der Waals surface area contributed by atoms with E-state index in [2.05, 4.69) is 15.4 Å². The molecule has 2 saturated heterocycles. The summed E-state index contributed by atoms with van der Waals surface area (Å²) < 4.78 is 43.8. The van der Waals surface area contributed by atoms with Crippen molar-refractivity contribution in [2.75, 3.05) is 32.8 Å². The first-order chi connectivity index (χ1) is 16.0. The number of methoxy groups -OCH3 is 2. The largest absolute Gasteiger partial charge is 0.493 e. The molecule has 4 unspecified atom stereocenters. The Kier molecular flexibility index (Phi) is 5.48. The molecule has 5 rings (SSSR count). The molecule has 174 valence electrons. The third kappa shape index (κ3) is 3.71. The number of aromatic nitrogens is 3. The maximum Gasteiger partial charge on any atom is 0.341 e. The second-order valence-corrected chi connectivity index (χ2v) is 7.57. The molecular weight excluding hydrogens is 439 g/mol. The Labute approximate surface area is 187 Å². The molecule has 0 aliphatic carbocycles. The number of fused-ring (bicyclic) bond motifs is 2. The lowest BCUT2D eigenvalue weighted by atomic mass is 10.1. The molecule has 11 nitrogen and oxygen atoms in total. The van der Waals surface area contributed by atoms with Gasteiger partial charge in [0.25, 0.3) is 0 Å². The SMILES string of the molecule is COc1c(C(=O)O)cn2ncnc(Nc3ccc(F)cc3OC3COC4C(OC)COC34)c12. The lowest BCUT2D eigenvalue weighted by Crippen LogP contribution is -2.35. The van der Waals surface area contributed by atoms with Crippen molar-refractivity contribution >= 4 is 23.0 Å². The molecule has 0 saturated carbocycles. The normalized spacial score (nSPS) is 24.1. The number of rotatable bonds is 7. The van der Waals surface area contributed by atoms with E-state index in [0.29, 0.717) is 17.8 Å². The van der Waals surface area contributed by atoms with Crippen LogP contribution < -0.4 is 14.8 Å². The van der Waals surface area contributed by atoms with E-state index < -0.39 is 17.9 Å². The highest BCUT2D eigenvalue weighted by atomic mass is 19.1. The summed E-state index contributed by atoms with van der Waals surface area (Å²) in [6.07, 6.45) is 1.33. The minimum Gasteiger partial charge on any atom is -0.493 e. The zero-order valence-corrected chi connectivity index (χ0v) is 17.7. The van der Waals surface area contributed by atoms with Crippen LogP contribution >= 0.6 is 0 Å². The highest BCUT2D eigenvalue weighted by molar-refractivity contribution is 5.97. The number of hydrogen-bond donors (Lipinski definition) is 2. The van der Waals surface area contributed by atoms with Crippen LogP contribution in [0.5, 0.6) is 11.5 Å². The molecular formula is C21H21FN4O7. The first kappa shape index (κ1) is 21.4. The molecule has 3 aromatic rings. The number of carbonyl (C=O) groups is 1. The summed E-state index contributed by atoms with van der Waals surface area (Å²) in [7, 11) is 2.95. The van der Waals surface area contributed by atoms with Crippen LogP contribution in [-0.4, -0.2) is 77.5 Å². The van der Waals surface area contributed by atoms with Crippen molar-refractivity contribution in [3.63, 3.8) is 0 Å². The fourth-order valence-corrected chi connectivity index (χ4v) is 4.15. The summed E-state index contributed by atoms with van der Waals surface area (Å²) in [6, 6.07) is 4.01. The van der Waals surface area contributed by atoms with Gasteiger partial charge >= 0.3 is 5.97 Å². The fraction of sp³-hybridized carbons (Fsp3) is 0.381. The number of halogens is 1. The number of benzene rings is 1. The number of anilines is 2. The first-order valence-corrected chi connectivity index (χ1v) is 10.1. The Hall–Kier alpha value is -3.48. The quantitative estimate of drug-likeness (QED) is 0.540. The fourth-order valence-electron chi connectivity index (χ4n) is 4.15. The molecule has 4 atom stereocenters. The van der Waals surface area contributed by atoms with E-state index in [1.165, 1.54) is 42.3 Å². The number of carboxylic acid groups (broad SMARTS) is 1. The topological polar surface area (TPSA) is 126 Å². The molecule has 2 aliphatic rings. The van der Waals surface area contributed by atoms with Crippen molar-refractivity contribution in [3.8, 4) is 11.5 Å². The zero-order valence-electron chi connectivity index (χ0n) is 17.7. The van der Waals surface area contributed by atoms with Crippen molar-refractivity contribution in [1.82, 2.24) is 14.6 Å². The molecule has 2 N–H and O–H groups in total. The van der Waals surface area contributed by atoms with E-state index in [1.54, 1.807) is 7.11 Å². The van der Waals surface area contributed by atoms with Gasteiger partial charge in [-0.3, -0.25) is 0 Å². The van der Waals surface area contributed by atoms with Crippen molar-refractivity contribution in [2.24, 2.45) is 0 Å². The summed E-state index contributed by atoms with van der Waals surface area (Å²) in [4.78, 5) is 15.8. The van der Waals surface area contributed by atoms with Gasteiger partial charge in [-0.1, -0.05) is 0 Å². The lowest BCUT2D eigenvalue weighted by molar-refractivity contribution is -0.0138. The van der Waals surface area contributed by atoms with E-state index in [1.807, 2.05) is 0 Å². The smallest absolute Gasteiger partial charge is 0.341 e. The third-order valence-electron chi connectivity index (χ3n) is 5.70. The second-order valence-electron chi connectivity index (χ2n) is 7.57. The van der Waals surface area contributed by atoms with Crippen LogP contribution in [0.1, 0.15) is 10.4 Å². The highest BCUT2D eigenvalue weighted by Crippen LogP contribution is 2.37. The number of nitrogens with one attached hydrogen (secondary N) is 1. The standard InChI is InChI=1S/C21H21FN4O7/c1-29-14-7-31-19-15(8-32-18(14)19)33-13-5-10(22)3-4-12(13)25-20-16-17(30-2)11(21(27)28)6-26(16)24-9-23-20/h3-6,9,14-15,18-19H,7-8H2,1-2H3,(H,27,28)(H,23,24,25). The predicted molar refractivity (Wildman–Crippen MR) is 111 cm³/mol. The van der Waals surface area contributed by atoms with Gasteiger partial charge in [-0.05, 0) is 12.1 Å². The highest BCUT2D eigenvalue weighted by Gasteiger charge is 2.49. The van der Waals surface area contributed by atoms with E-state index in [-0.39, 0.29) is 47.8 Å². The number of carboxylic acids is 1. The second kappa shape index (κ2) is 8.46. The van der Waals surface area contributed by atoms with Crippen molar-refractivity contribution < 1.29 is 38.0 Å². The van der Waals surface area contributed by atoms with Crippen LogP contribution in [-0.2, 0) is 14.2 Å².